The van der Waals surface area contributed by atoms with Crippen molar-refractivity contribution in [2.24, 2.45) is 22.5 Å². The molecule has 2 saturated carbocycles. The minimum Gasteiger partial charge on any atom is -0.465 e. The number of hydrogen-bond donors (Lipinski definition) is 1. The van der Waals surface area contributed by atoms with Gasteiger partial charge in [-0.25, -0.2) is 4.79 Å². The molecule has 2 N–H and O–H groups in total. The van der Waals surface area contributed by atoms with E-state index in [1.165, 1.54) is 26.4 Å². The van der Waals surface area contributed by atoms with E-state index in [1.54, 1.807) is 0 Å². The number of amides is 1. The third-order valence-electron chi connectivity index (χ3n) is 10.1. The Morgan fingerprint density at radius 3 is 2.02 bits per heavy atom. The Morgan fingerprint density at radius 1 is 0.976 bits per heavy atom. The van der Waals surface area contributed by atoms with Crippen LogP contribution < -0.4 is 5.73 Å². The number of carbonyl (C=O) groups is 2. The van der Waals surface area contributed by atoms with Crippen LogP contribution in [0.4, 0.5) is 0 Å². The average molecular weight is 570 g/mol. The summed E-state index contributed by atoms with van der Waals surface area (Å²) in [6.07, 6.45) is 11.4. The number of likely N-dealkylation sites (N-methyl/N-ethyl adjacent to an activating group) is 1. The highest BCUT2D eigenvalue weighted by molar-refractivity contribution is 5.89. The molecule has 1 amide bonds. The molecule has 1 unspecified atom stereocenters. The van der Waals surface area contributed by atoms with Crippen molar-refractivity contribution in [3.63, 3.8) is 0 Å². The third kappa shape index (κ3) is 8.56. The van der Waals surface area contributed by atoms with Gasteiger partial charge in [-0.05, 0) is 99.8 Å². The summed E-state index contributed by atoms with van der Waals surface area (Å²) >= 11 is 0. The van der Waals surface area contributed by atoms with Crippen LogP contribution in [-0.4, -0.2) is 53.6 Å². The van der Waals surface area contributed by atoms with Crippen LogP contribution in [0.3, 0.4) is 0 Å². The minimum atomic E-state index is -0.718. The molecule has 6 nitrogen and oxygen atoms in total. The maximum absolute atomic E-state index is 14.8. The number of carbonyl (C=O) groups excluding carboxylic acids is 2. The normalized spacial score (nSPS) is 24.1. The van der Waals surface area contributed by atoms with Crippen LogP contribution in [0.25, 0.3) is 0 Å². The highest BCUT2D eigenvalue weighted by atomic mass is 16.5. The van der Waals surface area contributed by atoms with E-state index in [0.717, 1.165) is 56.9 Å². The summed E-state index contributed by atoms with van der Waals surface area (Å²) in [6.45, 7) is 15.8. The summed E-state index contributed by atoms with van der Waals surface area (Å²) in [5.74, 6) is 0.366. The Morgan fingerprint density at radius 2 is 1.54 bits per heavy atom. The summed E-state index contributed by atoms with van der Waals surface area (Å²) in [4.78, 5) is 31.4. The molecule has 0 aromatic heterocycles. The van der Waals surface area contributed by atoms with Crippen molar-refractivity contribution in [3.05, 3.63) is 35.4 Å². The molecule has 232 valence electrons. The first kappa shape index (κ1) is 33.6. The number of nitrogens with zero attached hydrogens (tertiary/aromatic N) is 2. The number of rotatable bonds is 9. The second-order valence-electron chi connectivity index (χ2n) is 15.3. The van der Waals surface area contributed by atoms with Crippen molar-refractivity contribution >= 4 is 11.9 Å². The molecule has 0 bridgehead atoms. The van der Waals surface area contributed by atoms with Gasteiger partial charge in [-0.3, -0.25) is 9.69 Å². The van der Waals surface area contributed by atoms with E-state index in [2.05, 4.69) is 65.3 Å². The molecule has 3 rings (SSSR count). The maximum atomic E-state index is 14.8. The topological polar surface area (TPSA) is 75.9 Å². The van der Waals surface area contributed by atoms with Gasteiger partial charge in [0.15, 0.2) is 0 Å². The van der Waals surface area contributed by atoms with Gasteiger partial charge < -0.3 is 15.4 Å². The first-order valence-electron chi connectivity index (χ1n) is 16.1. The van der Waals surface area contributed by atoms with E-state index >= 15 is 0 Å². The SMILES string of the molecule is COC(=O)c1ccc([C@@H](CCC(C)(C)C)N(C(=O)C(C)N(C)C2CCCCC2)C2(N)CCC(C(C)(C)C)CC2)cc1. The van der Waals surface area contributed by atoms with Gasteiger partial charge in [0.25, 0.3) is 0 Å². The average Bonchev–Trinajstić information content (AvgIpc) is 2.93. The van der Waals surface area contributed by atoms with Crippen LogP contribution in [0, 0.1) is 16.7 Å². The van der Waals surface area contributed by atoms with Crippen molar-refractivity contribution < 1.29 is 14.3 Å². The number of nitrogens with two attached hydrogens (primary N) is 1. The van der Waals surface area contributed by atoms with Crippen molar-refractivity contribution in [2.45, 2.75) is 143 Å². The van der Waals surface area contributed by atoms with Crippen molar-refractivity contribution in [3.8, 4) is 0 Å². The lowest BCUT2D eigenvalue weighted by molar-refractivity contribution is -0.151. The zero-order valence-electron chi connectivity index (χ0n) is 27.6. The molecular weight excluding hydrogens is 510 g/mol. The zero-order valence-corrected chi connectivity index (χ0v) is 27.6. The van der Waals surface area contributed by atoms with Crippen LogP contribution in [0.15, 0.2) is 24.3 Å². The van der Waals surface area contributed by atoms with E-state index in [9.17, 15) is 9.59 Å². The molecule has 1 aromatic rings. The third-order valence-corrected chi connectivity index (χ3v) is 10.1. The Labute approximate surface area is 250 Å². The highest BCUT2D eigenvalue weighted by Crippen LogP contribution is 2.45. The van der Waals surface area contributed by atoms with Gasteiger partial charge in [-0.1, -0.05) is 72.9 Å². The van der Waals surface area contributed by atoms with Gasteiger partial charge in [-0.15, -0.1) is 0 Å². The van der Waals surface area contributed by atoms with Gasteiger partial charge >= 0.3 is 5.97 Å². The van der Waals surface area contributed by atoms with Crippen LogP contribution in [-0.2, 0) is 9.53 Å². The summed E-state index contributed by atoms with van der Waals surface area (Å²) in [7, 11) is 3.53. The van der Waals surface area contributed by atoms with E-state index in [-0.39, 0.29) is 34.8 Å². The first-order valence-corrected chi connectivity index (χ1v) is 16.1. The summed E-state index contributed by atoms with van der Waals surface area (Å²) in [5, 5.41) is 0. The molecule has 2 aliphatic carbocycles. The molecule has 41 heavy (non-hydrogen) atoms. The van der Waals surface area contributed by atoms with Gasteiger partial charge in [0, 0.05) is 6.04 Å². The van der Waals surface area contributed by atoms with Gasteiger partial charge in [0.2, 0.25) is 5.91 Å². The van der Waals surface area contributed by atoms with Crippen LogP contribution in [0.1, 0.15) is 141 Å². The number of esters is 1. The van der Waals surface area contributed by atoms with Gasteiger partial charge in [0.1, 0.15) is 0 Å². The molecule has 6 heteroatoms. The quantitative estimate of drug-likeness (QED) is 0.243. The Balaban J connectivity index is 2.04. The Hall–Kier alpha value is -1.92. The van der Waals surface area contributed by atoms with E-state index in [1.807, 2.05) is 24.3 Å². The van der Waals surface area contributed by atoms with Gasteiger partial charge in [0.05, 0.1) is 30.4 Å². The lowest BCUT2D eigenvalue weighted by Gasteiger charge is -2.52. The second kappa shape index (κ2) is 13.6. The van der Waals surface area contributed by atoms with Crippen LogP contribution in [0.5, 0.6) is 0 Å². The largest absolute Gasteiger partial charge is 0.465 e. The van der Waals surface area contributed by atoms with Crippen molar-refractivity contribution in [1.29, 1.82) is 0 Å². The maximum Gasteiger partial charge on any atom is 0.337 e. The smallest absolute Gasteiger partial charge is 0.337 e. The summed E-state index contributed by atoms with van der Waals surface area (Å²) in [6, 6.07) is 7.65. The fourth-order valence-electron chi connectivity index (χ4n) is 7.06. The van der Waals surface area contributed by atoms with Crippen molar-refractivity contribution in [2.75, 3.05) is 14.2 Å². The predicted octanol–water partition coefficient (Wildman–Crippen LogP) is 7.71. The molecule has 2 atom stereocenters. The molecule has 0 heterocycles. The minimum absolute atomic E-state index is 0.106. The highest BCUT2D eigenvalue weighted by Gasteiger charge is 2.47. The zero-order chi connectivity index (χ0) is 30.6. The molecule has 0 radical (unpaired) electrons. The van der Waals surface area contributed by atoms with Gasteiger partial charge in [-0.2, -0.15) is 0 Å². The van der Waals surface area contributed by atoms with E-state index in [0.29, 0.717) is 17.5 Å². The van der Waals surface area contributed by atoms with E-state index in [4.69, 9.17) is 10.5 Å². The predicted molar refractivity (Wildman–Crippen MR) is 168 cm³/mol. The van der Waals surface area contributed by atoms with Crippen LogP contribution in [0.2, 0.25) is 0 Å². The molecular formula is C35H59N3O3. The Bertz CT molecular complexity index is 993. The van der Waals surface area contributed by atoms with E-state index < -0.39 is 5.66 Å². The summed E-state index contributed by atoms with van der Waals surface area (Å²) in [5.41, 5.74) is 8.58. The second-order valence-corrected chi connectivity index (χ2v) is 15.3. The number of hydrogen-bond acceptors (Lipinski definition) is 5. The number of benzene rings is 1. The lowest BCUT2D eigenvalue weighted by atomic mass is 9.69. The molecule has 0 aliphatic heterocycles. The first-order chi connectivity index (χ1) is 19.1. The molecule has 1 aromatic carbocycles. The number of methoxy groups -OCH3 is 1. The fourth-order valence-corrected chi connectivity index (χ4v) is 7.06. The summed E-state index contributed by atoms with van der Waals surface area (Å²) < 4.78 is 4.95. The molecule has 0 spiro atoms. The standard InChI is InChI=1S/C35H59N3O3/c1-25(37(8)29-13-11-10-12-14-29)31(39)38(35(36)23-19-28(20-24-35)34(5,6)7)30(21-22-33(2,3)4)26-15-17-27(18-16-26)32(40)41-9/h15-18,25,28-30H,10-14,19-24,36H2,1-9H3/t25?,28?,30-,35?/m1/s1. The monoisotopic (exact) mass is 569 g/mol. The van der Waals surface area contributed by atoms with Crippen LogP contribution >= 0.6 is 0 Å². The molecule has 2 fully saturated rings. The molecule has 0 saturated heterocycles. The fraction of sp³-hybridized carbons (Fsp3) is 0.771. The van der Waals surface area contributed by atoms with Crippen molar-refractivity contribution in [1.82, 2.24) is 9.80 Å². The lowest BCUT2D eigenvalue weighted by Crippen LogP contribution is -2.64. The molecule has 2 aliphatic rings. The number of ether oxygens (including phenoxy) is 1. The Kier molecular flexibility index (Phi) is 11.1.